The second kappa shape index (κ2) is 5.87. The van der Waals surface area contributed by atoms with Crippen molar-refractivity contribution in [3.8, 4) is 0 Å². The minimum Gasteiger partial charge on any atom is -0.366 e. The Morgan fingerprint density at radius 3 is 2.58 bits per heavy atom. The molecule has 4 nitrogen and oxygen atoms in total. The quantitative estimate of drug-likeness (QED) is 0.873. The van der Waals surface area contributed by atoms with E-state index < -0.39 is 5.91 Å². The maximum Gasteiger partial charge on any atom is 0.251 e. The highest BCUT2D eigenvalue weighted by atomic mass is 16.2. The van der Waals surface area contributed by atoms with E-state index in [9.17, 15) is 9.59 Å². The van der Waals surface area contributed by atoms with Gasteiger partial charge in [0.2, 0.25) is 5.91 Å². The van der Waals surface area contributed by atoms with Crippen molar-refractivity contribution in [3.05, 3.63) is 35.4 Å². The summed E-state index contributed by atoms with van der Waals surface area (Å²) in [5.74, 6) is -0.125. The zero-order chi connectivity index (χ0) is 13.8. The number of hydrogen-bond acceptors (Lipinski definition) is 2. The van der Waals surface area contributed by atoms with E-state index in [1.54, 1.807) is 24.3 Å². The summed E-state index contributed by atoms with van der Waals surface area (Å²) in [6, 6.07) is 6.78. The first-order valence-corrected chi connectivity index (χ1v) is 6.78. The first kappa shape index (κ1) is 13.6. The number of nitrogens with two attached hydrogens (primary N) is 1. The second-order valence-corrected chi connectivity index (χ2v) is 5.29. The maximum atomic E-state index is 12.2. The topological polar surface area (TPSA) is 72.2 Å². The predicted octanol–water partition coefficient (Wildman–Crippen LogP) is 2.09. The highest BCUT2D eigenvalue weighted by molar-refractivity contribution is 5.99. The van der Waals surface area contributed by atoms with E-state index in [2.05, 4.69) is 12.2 Å². The van der Waals surface area contributed by atoms with Crippen molar-refractivity contribution in [3.63, 3.8) is 0 Å². The molecule has 0 saturated heterocycles. The molecule has 2 amide bonds. The minimum atomic E-state index is -0.513. The number of carbonyl (C=O) groups is 2. The maximum absolute atomic E-state index is 12.2. The Morgan fingerprint density at radius 2 is 1.89 bits per heavy atom. The van der Waals surface area contributed by atoms with Gasteiger partial charge >= 0.3 is 0 Å². The third-order valence-electron chi connectivity index (χ3n) is 3.84. The van der Waals surface area contributed by atoms with E-state index in [4.69, 9.17) is 5.73 Å². The first-order valence-electron chi connectivity index (χ1n) is 6.78. The van der Waals surface area contributed by atoms with Crippen LogP contribution in [-0.2, 0) is 0 Å². The fourth-order valence-corrected chi connectivity index (χ4v) is 2.60. The molecule has 102 valence electrons. The minimum absolute atomic E-state index is 0.123. The number of nitrogens with one attached hydrogen (secondary N) is 1. The summed E-state index contributed by atoms with van der Waals surface area (Å²) in [5, 5.41) is 3.06. The van der Waals surface area contributed by atoms with Gasteiger partial charge in [-0.15, -0.1) is 0 Å². The Labute approximate surface area is 113 Å². The van der Waals surface area contributed by atoms with E-state index >= 15 is 0 Å². The molecule has 1 fully saturated rings. The largest absolute Gasteiger partial charge is 0.366 e. The van der Waals surface area contributed by atoms with Crippen LogP contribution in [0.25, 0.3) is 0 Å². The van der Waals surface area contributed by atoms with Gasteiger partial charge in [0.1, 0.15) is 0 Å². The zero-order valence-electron chi connectivity index (χ0n) is 11.2. The fourth-order valence-electron chi connectivity index (χ4n) is 2.60. The molecule has 2 rings (SSSR count). The molecule has 0 aromatic heterocycles. The molecule has 1 aromatic rings. The molecule has 2 atom stereocenters. The van der Waals surface area contributed by atoms with Crippen LogP contribution in [0.15, 0.2) is 24.3 Å². The van der Waals surface area contributed by atoms with Crippen LogP contribution in [0.5, 0.6) is 0 Å². The average molecular weight is 260 g/mol. The molecule has 0 heterocycles. The molecule has 0 radical (unpaired) electrons. The lowest BCUT2D eigenvalue weighted by molar-refractivity contribution is 0.0910. The van der Waals surface area contributed by atoms with E-state index in [0.29, 0.717) is 17.0 Å². The lowest BCUT2D eigenvalue weighted by Crippen LogP contribution is -2.41. The summed E-state index contributed by atoms with van der Waals surface area (Å²) in [5.41, 5.74) is 6.08. The van der Waals surface area contributed by atoms with Crippen molar-refractivity contribution in [1.29, 1.82) is 0 Å². The fraction of sp³-hybridized carbons (Fsp3) is 0.467. The Hall–Kier alpha value is -1.84. The van der Waals surface area contributed by atoms with Crippen molar-refractivity contribution >= 4 is 11.8 Å². The SMILES string of the molecule is C[C@@H]1CCCC[C@H]1NC(=O)c1cccc(C(N)=O)c1. The Balaban J connectivity index is 2.07. The molecule has 0 unspecified atom stereocenters. The molecule has 1 aromatic carbocycles. The summed E-state index contributed by atoms with van der Waals surface area (Å²) in [7, 11) is 0. The van der Waals surface area contributed by atoms with Crippen LogP contribution in [0, 0.1) is 5.92 Å². The van der Waals surface area contributed by atoms with Gasteiger partial charge in [0.25, 0.3) is 5.91 Å². The number of hydrogen-bond donors (Lipinski definition) is 2. The summed E-state index contributed by atoms with van der Waals surface area (Å²) >= 11 is 0. The monoisotopic (exact) mass is 260 g/mol. The summed E-state index contributed by atoms with van der Waals surface area (Å²) in [6.45, 7) is 2.17. The van der Waals surface area contributed by atoms with E-state index in [-0.39, 0.29) is 11.9 Å². The van der Waals surface area contributed by atoms with Gasteiger partial charge < -0.3 is 11.1 Å². The first-order chi connectivity index (χ1) is 9.08. The third kappa shape index (κ3) is 3.34. The van der Waals surface area contributed by atoms with Crippen LogP contribution in [0.4, 0.5) is 0 Å². The molecular weight excluding hydrogens is 240 g/mol. The van der Waals surface area contributed by atoms with Crippen molar-refractivity contribution in [2.75, 3.05) is 0 Å². The van der Waals surface area contributed by atoms with Gasteiger partial charge in [-0.2, -0.15) is 0 Å². The van der Waals surface area contributed by atoms with Crippen LogP contribution in [0.3, 0.4) is 0 Å². The van der Waals surface area contributed by atoms with Gasteiger partial charge in [0.05, 0.1) is 0 Å². The molecule has 3 N–H and O–H groups in total. The van der Waals surface area contributed by atoms with Crippen molar-refractivity contribution in [2.45, 2.75) is 38.6 Å². The molecule has 1 aliphatic rings. The molecule has 4 heteroatoms. The standard InChI is InChI=1S/C15H20N2O2/c1-10-5-2-3-8-13(10)17-15(19)12-7-4-6-11(9-12)14(16)18/h4,6-7,9-10,13H,2-3,5,8H2,1H3,(H2,16,18)(H,17,19)/t10-,13-/m1/s1. The van der Waals surface area contributed by atoms with E-state index in [1.165, 1.54) is 6.42 Å². The Morgan fingerprint density at radius 1 is 1.21 bits per heavy atom. The summed E-state index contributed by atoms with van der Waals surface area (Å²) in [6.07, 6.45) is 4.59. The molecule has 1 aliphatic carbocycles. The van der Waals surface area contributed by atoms with Crippen LogP contribution in [0.1, 0.15) is 53.3 Å². The highest BCUT2D eigenvalue weighted by Crippen LogP contribution is 2.24. The Bertz CT molecular complexity index is 485. The number of carbonyl (C=O) groups excluding carboxylic acids is 2. The van der Waals surface area contributed by atoms with Gasteiger partial charge in [-0.1, -0.05) is 25.8 Å². The van der Waals surface area contributed by atoms with Gasteiger partial charge in [-0.05, 0) is 37.0 Å². The Kier molecular flexibility index (Phi) is 4.20. The van der Waals surface area contributed by atoms with Gasteiger partial charge in [0.15, 0.2) is 0 Å². The molecule has 0 aliphatic heterocycles. The predicted molar refractivity (Wildman–Crippen MR) is 73.8 cm³/mol. The van der Waals surface area contributed by atoms with E-state index in [1.807, 2.05) is 0 Å². The van der Waals surface area contributed by atoms with Gasteiger partial charge in [-0.3, -0.25) is 9.59 Å². The van der Waals surface area contributed by atoms with Gasteiger partial charge in [-0.25, -0.2) is 0 Å². The molecule has 0 bridgehead atoms. The molecule has 1 saturated carbocycles. The lowest BCUT2D eigenvalue weighted by Gasteiger charge is -2.29. The molecular formula is C15H20N2O2. The average Bonchev–Trinajstić information content (AvgIpc) is 2.41. The second-order valence-electron chi connectivity index (χ2n) is 5.29. The van der Waals surface area contributed by atoms with Gasteiger partial charge in [0, 0.05) is 17.2 Å². The van der Waals surface area contributed by atoms with Crippen LogP contribution < -0.4 is 11.1 Å². The summed E-state index contributed by atoms with van der Waals surface area (Å²) < 4.78 is 0. The molecule has 19 heavy (non-hydrogen) atoms. The molecule has 0 spiro atoms. The highest BCUT2D eigenvalue weighted by Gasteiger charge is 2.23. The van der Waals surface area contributed by atoms with Crippen molar-refractivity contribution in [1.82, 2.24) is 5.32 Å². The lowest BCUT2D eigenvalue weighted by atomic mass is 9.86. The van der Waals surface area contributed by atoms with E-state index in [0.717, 1.165) is 19.3 Å². The number of rotatable bonds is 3. The third-order valence-corrected chi connectivity index (χ3v) is 3.84. The summed E-state index contributed by atoms with van der Waals surface area (Å²) in [4.78, 5) is 23.3. The number of primary amides is 1. The van der Waals surface area contributed by atoms with Crippen molar-refractivity contribution < 1.29 is 9.59 Å². The number of amides is 2. The van der Waals surface area contributed by atoms with Crippen molar-refractivity contribution in [2.24, 2.45) is 11.7 Å². The number of benzene rings is 1. The van der Waals surface area contributed by atoms with Crippen LogP contribution >= 0.6 is 0 Å². The normalized spacial score (nSPS) is 22.8. The zero-order valence-corrected chi connectivity index (χ0v) is 11.2. The smallest absolute Gasteiger partial charge is 0.251 e. The van der Waals surface area contributed by atoms with Crippen LogP contribution in [0.2, 0.25) is 0 Å². The van der Waals surface area contributed by atoms with Crippen LogP contribution in [-0.4, -0.2) is 17.9 Å².